The monoisotopic (exact) mass is 628 g/mol. The number of anilines is 6. The lowest BCUT2D eigenvalue weighted by molar-refractivity contribution is 0.661. The van der Waals surface area contributed by atoms with E-state index in [1.165, 1.54) is 43.8 Å². The van der Waals surface area contributed by atoms with Crippen LogP contribution < -0.4 is 9.80 Å². The molecule has 0 saturated heterocycles. The van der Waals surface area contributed by atoms with E-state index in [1.807, 2.05) is 0 Å². The Morgan fingerprint density at radius 2 is 0.816 bits per heavy atom. The summed E-state index contributed by atoms with van der Waals surface area (Å²) in [5.74, 6) is 0. The van der Waals surface area contributed by atoms with Crippen molar-refractivity contribution in [3.05, 3.63) is 193 Å². The van der Waals surface area contributed by atoms with Crippen LogP contribution >= 0.6 is 0 Å². The quantitative estimate of drug-likeness (QED) is 0.169. The normalized spacial score (nSPS) is 12.9. The van der Waals surface area contributed by atoms with Crippen LogP contribution in [0.1, 0.15) is 25.0 Å². The molecule has 0 unspecified atom stereocenters. The van der Waals surface area contributed by atoms with E-state index in [4.69, 9.17) is 0 Å². The van der Waals surface area contributed by atoms with Crippen molar-refractivity contribution >= 4 is 55.7 Å². The van der Waals surface area contributed by atoms with Crippen LogP contribution in [0.25, 0.3) is 32.7 Å². The third kappa shape index (κ3) is 4.88. The van der Waals surface area contributed by atoms with Gasteiger partial charge in [0.25, 0.3) is 0 Å². The zero-order valence-electron chi connectivity index (χ0n) is 27.7. The Kier molecular flexibility index (Phi) is 6.84. The first-order valence-corrected chi connectivity index (χ1v) is 17.0. The van der Waals surface area contributed by atoms with E-state index >= 15 is 0 Å². The van der Waals surface area contributed by atoms with Gasteiger partial charge < -0.3 is 9.80 Å². The van der Waals surface area contributed by atoms with Gasteiger partial charge in [-0.25, -0.2) is 0 Å². The van der Waals surface area contributed by atoms with E-state index in [2.05, 4.69) is 206 Å². The largest absolute Gasteiger partial charge is 0.310 e. The summed E-state index contributed by atoms with van der Waals surface area (Å²) in [6, 6.07) is 66.0. The standard InChI is InChI=1S/C47H36N2/c1-47(2)45-31-40(27-28-42(45)44-29-34-26-25-33-15-12-13-24-41(33)43(34)32-46(44)47)49(37-20-10-5-11-21-37)39-23-14-22-38(30-39)48(35-16-6-3-7-17-35)36-18-8-4-9-19-36/h3-32H,1-2H3. The highest BCUT2D eigenvalue weighted by Crippen LogP contribution is 2.52. The molecule has 0 heterocycles. The molecule has 0 N–H and O–H groups in total. The van der Waals surface area contributed by atoms with Gasteiger partial charge in [0.05, 0.1) is 0 Å². The molecule has 0 bridgehead atoms. The molecule has 0 aromatic heterocycles. The lowest BCUT2D eigenvalue weighted by Crippen LogP contribution is -2.17. The second-order valence-electron chi connectivity index (χ2n) is 13.5. The second-order valence-corrected chi connectivity index (χ2v) is 13.5. The van der Waals surface area contributed by atoms with Gasteiger partial charge in [0.2, 0.25) is 0 Å². The average Bonchev–Trinajstić information content (AvgIpc) is 3.37. The average molecular weight is 629 g/mol. The summed E-state index contributed by atoms with van der Waals surface area (Å²) in [5, 5.41) is 5.20. The molecule has 1 aliphatic rings. The molecule has 0 saturated carbocycles. The summed E-state index contributed by atoms with van der Waals surface area (Å²) in [6.07, 6.45) is 0. The summed E-state index contributed by atoms with van der Waals surface area (Å²) < 4.78 is 0. The lowest BCUT2D eigenvalue weighted by Gasteiger charge is -2.30. The van der Waals surface area contributed by atoms with Gasteiger partial charge in [0, 0.05) is 39.5 Å². The molecule has 9 rings (SSSR count). The van der Waals surface area contributed by atoms with Crippen molar-refractivity contribution in [3.63, 3.8) is 0 Å². The maximum atomic E-state index is 2.45. The Hall–Kier alpha value is -6.12. The Balaban J connectivity index is 1.19. The van der Waals surface area contributed by atoms with Crippen molar-refractivity contribution in [3.8, 4) is 11.1 Å². The first kappa shape index (κ1) is 29.1. The molecule has 8 aromatic carbocycles. The van der Waals surface area contributed by atoms with Crippen LogP contribution in [0.15, 0.2) is 182 Å². The lowest BCUT2D eigenvalue weighted by atomic mass is 9.81. The van der Waals surface area contributed by atoms with Gasteiger partial charge in [-0.15, -0.1) is 0 Å². The van der Waals surface area contributed by atoms with Crippen LogP contribution in [-0.2, 0) is 5.41 Å². The van der Waals surface area contributed by atoms with E-state index in [9.17, 15) is 0 Å². The molecule has 0 fully saturated rings. The molecule has 8 aromatic rings. The van der Waals surface area contributed by atoms with Gasteiger partial charge in [0.15, 0.2) is 0 Å². The van der Waals surface area contributed by atoms with Crippen molar-refractivity contribution < 1.29 is 0 Å². The third-order valence-corrected chi connectivity index (χ3v) is 10.2. The minimum atomic E-state index is -0.159. The predicted octanol–water partition coefficient (Wildman–Crippen LogP) is 13.2. The smallest absolute Gasteiger partial charge is 0.0482 e. The Morgan fingerprint density at radius 3 is 1.45 bits per heavy atom. The summed E-state index contributed by atoms with van der Waals surface area (Å²) in [7, 11) is 0. The minimum Gasteiger partial charge on any atom is -0.310 e. The van der Waals surface area contributed by atoms with E-state index in [1.54, 1.807) is 0 Å². The van der Waals surface area contributed by atoms with Gasteiger partial charge in [-0.3, -0.25) is 0 Å². The number of nitrogens with zero attached hydrogens (tertiary/aromatic N) is 2. The molecule has 0 amide bonds. The fraction of sp³-hybridized carbons (Fsp3) is 0.0638. The van der Waals surface area contributed by atoms with Crippen molar-refractivity contribution in [2.24, 2.45) is 0 Å². The number of hydrogen-bond acceptors (Lipinski definition) is 2. The molecule has 1 aliphatic carbocycles. The summed E-state index contributed by atoms with van der Waals surface area (Å²) in [5.41, 5.74) is 11.9. The molecular formula is C47H36N2. The Bertz CT molecular complexity index is 2430. The highest BCUT2D eigenvalue weighted by Gasteiger charge is 2.36. The number of fused-ring (bicyclic) bond motifs is 6. The predicted molar refractivity (Wildman–Crippen MR) is 208 cm³/mol. The zero-order chi connectivity index (χ0) is 33.0. The number of benzene rings is 8. The maximum absolute atomic E-state index is 2.45. The molecule has 0 spiro atoms. The maximum Gasteiger partial charge on any atom is 0.0482 e. The first-order valence-electron chi connectivity index (χ1n) is 17.0. The summed E-state index contributed by atoms with van der Waals surface area (Å²) >= 11 is 0. The molecule has 0 atom stereocenters. The van der Waals surface area contributed by atoms with Crippen molar-refractivity contribution in [2.75, 3.05) is 9.80 Å². The van der Waals surface area contributed by atoms with Crippen LogP contribution in [0.5, 0.6) is 0 Å². The van der Waals surface area contributed by atoms with Gasteiger partial charge >= 0.3 is 0 Å². The van der Waals surface area contributed by atoms with Crippen molar-refractivity contribution in [1.82, 2.24) is 0 Å². The van der Waals surface area contributed by atoms with Crippen LogP contribution in [0.3, 0.4) is 0 Å². The van der Waals surface area contributed by atoms with Crippen LogP contribution in [0.4, 0.5) is 34.1 Å². The van der Waals surface area contributed by atoms with E-state index in [0.29, 0.717) is 0 Å². The molecular weight excluding hydrogens is 593 g/mol. The molecule has 0 radical (unpaired) electrons. The number of hydrogen-bond donors (Lipinski definition) is 0. The topological polar surface area (TPSA) is 6.48 Å². The van der Waals surface area contributed by atoms with Crippen LogP contribution in [0, 0.1) is 0 Å². The molecule has 2 nitrogen and oxygen atoms in total. The van der Waals surface area contributed by atoms with Gasteiger partial charge in [0.1, 0.15) is 0 Å². The molecule has 234 valence electrons. The highest BCUT2D eigenvalue weighted by molar-refractivity contribution is 6.09. The fourth-order valence-electron chi connectivity index (χ4n) is 7.76. The van der Waals surface area contributed by atoms with E-state index in [-0.39, 0.29) is 5.41 Å². The summed E-state index contributed by atoms with van der Waals surface area (Å²) in [4.78, 5) is 4.71. The SMILES string of the molecule is CC1(C)c2cc(N(c3ccccc3)c3cccc(N(c4ccccc4)c4ccccc4)c3)ccc2-c2cc3ccc4ccccc4c3cc21. The van der Waals surface area contributed by atoms with Gasteiger partial charge in [-0.2, -0.15) is 0 Å². The van der Waals surface area contributed by atoms with E-state index in [0.717, 1.165) is 34.1 Å². The first-order chi connectivity index (χ1) is 24.1. The molecule has 49 heavy (non-hydrogen) atoms. The summed E-state index contributed by atoms with van der Waals surface area (Å²) in [6.45, 7) is 4.76. The minimum absolute atomic E-state index is 0.159. The Labute approximate surface area is 288 Å². The van der Waals surface area contributed by atoms with Gasteiger partial charge in [-0.05, 0) is 123 Å². The van der Waals surface area contributed by atoms with Crippen LogP contribution in [-0.4, -0.2) is 0 Å². The third-order valence-electron chi connectivity index (χ3n) is 10.2. The number of rotatable bonds is 6. The Morgan fingerprint density at radius 1 is 0.327 bits per heavy atom. The van der Waals surface area contributed by atoms with Crippen LogP contribution in [0.2, 0.25) is 0 Å². The molecule has 2 heteroatoms. The molecule has 0 aliphatic heterocycles. The second kappa shape index (κ2) is 11.5. The number of para-hydroxylation sites is 3. The van der Waals surface area contributed by atoms with E-state index < -0.39 is 0 Å². The van der Waals surface area contributed by atoms with Crippen molar-refractivity contribution in [2.45, 2.75) is 19.3 Å². The van der Waals surface area contributed by atoms with Crippen molar-refractivity contribution in [1.29, 1.82) is 0 Å². The zero-order valence-corrected chi connectivity index (χ0v) is 27.7. The van der Waals surface area contributed by atoms with Gasteiger partial charge in [-0.1, -0.05) is 117 Å². The fourth-order valence-corrected chi connectivity index (χ4v) is 7.76. The highest BCUT2D eigenvalue weighted by atomic mass is 15.2.